The van der Waals surface area contributed by atoms with Gasteiger partial charge < -0.3 is 15.2 Å². The van der Waals surface area contributed by atoms with Crippen LogP contribution in [0.4, 0.5) is 16.2 Å². The van der Waals surface area contributed by atoms with Crippen LogP contribution in [0, 0.1) is 0 Å². The molecule has 0 saturated heterocycles. The highest BCUT2D eigenvalue weighted by Gasteiger charge is 2.06. The Balaban J connectivity index is 2.09. The zero-order chi connectivity index (χ0) is 15.2. The lowest BCUT2D eigenvalue weighted by Crippen LogP contribution is -2.24. The lowest BCUT2D eigenvalue weighted by atomic mass is 10.1. The van der Waals surface area contributed by atoms with Gasteiger partial charge in [0.2, 0.25) is 5.43 Å². The molecule has 2 amide bonds. The summed E-state index contributed by atoms with van der Waals surface area (Å²) in [7, 11) is 0. The van der Waals surface area contributed by atoms with Gasteiger partial charge in [0.25, 0.3) is 0 Å². The molecule has 2 N–H and O–H groups in total. The highest BCUT2D eigenvalue weighted by Crippen LogP contribution is 2.11. The van der Waals surface area contributed by atoms with E-state index in [4.69, 9.17) is 0 Å². The van der Waals surface area contributed by atoms with Crippen LogP contribution in [-0.2, 0) is 13.0 Å². The number of carbonyl (C=O) groups is 1. The van der Waals surface area contributed by atoms with E-state index in [0.717, 1.165) is 18.5 Å². The second-order valence-corrected chi connectivity index (χ2v) is 4.69. The second kappa shape index (κ2) is 6.74. The number of amides is 2. The van der Waals surface area contributed by atoms with E-state index in [1.54, 1.807) is 12.4 Å². The first kappa shape index (κ1) is 14.8. The quantitative estimate of drug-likeness (QED) is 0.906. The van der Waals surface area contributed by atoms with Crippen molar-refractivity contribution >= 4 is 17.4 Å². The molecule has 5 nitrogen and oxygen atoms in total. The van der Waals surface area contributed by atoms with Gasteiger partial charge in [-0.15, -0.1) is 0 Å². The van der Waals surface area contributed by atoms with Gasteiger partial charge in [-0.1, -0.05) is 19.1 Å². The Hall–Kier alpha value is -2.56. The summed E-state index contributed by atoms with van der Waals surface area (Å²) in [5.41, 5.74) is 1.90. The first-order chi connectivity index (χ1) is 10.1. The molecule has 0 bridgehead atoms. The number of aryl methyl sites for hydroxylation is 2. The molecule has 21 heavy (non-hydrogen) atoms. The van der Waals surface area contributed by atoms with Gasteiger partial charge in [0.1, 0.15) is 5.69 Å². The van der Waals surface area contributed by atoms with Crippen molar-refractivity contribution in [1.82, 2.24) is 4.57 Å². The van der Waals surface area contributed by atoms with Crippen LogP contribution in [0.3, 0.4) is 0 Å². The van der Waals surface area contributed by atoms with Crippen LogP contribution in [-0.4, -0.2) is 10.6 Å². The number of benzene rings is 1. The van der Waals surface area contributed by atoms with E-state index in [-0.39, 0.29) is 11.1 Å². The number of hydrogen-bond acceptors (Lipinski definition) is 2. The normalized spacial score (nSPS) is 10.2. The van der Waals surface area contributed by atoms with Crippen LogP contribution in [0.1, 0.15) is 19.4 Å². The van der Waals surface area contributed by atoms with Gasteiger partial charge in [0.15, 0.2) is 0 Å². The molecule has 1 aromatic carbocycles. The predicted molar refractivity (Wildman–Crippen MR) is 84.8 cm³/mol. The lowest BCUT2D eigenvalue weighted by Gasteiger charge is -2.10. The minimum Gasteiger partial charge on any atom is -0.352 e. The number of hydrogen-bond donors (Lipinski definition) is 2. The SMILES string of the molecule is CCc1cccc(NC(=O)Nc2cn(CC)ccc2=O)c1. The number of nitrogens with one attached hydrogen (secondary N) is 2. The average Bonchev–Trinajstić information content (AvgIpc) is 2.49. The number of aromatic nitrogens is 1. The maximum atomic E-state index is 12.0. The summed E-state index contributed by atoms with van der Waals surface area (Å²) in [6.45, 7) is 4.75. The molecule has 0 saturated carbocycles. The van der Waals surface area contributed by atoms with Crippen LogP contribution < -0.4 is 16.1 Å². The summed E-state index contributed by atoms with van der Waals surface area (Å²) in [5.74, 6) is 0. The monoisotopic (exact) mass is 285 g/mol. The third-order valence-corrected chi connectivity index (χ3v) is 3.18. The molecule has 2 rings (SSSR count). The summed E-state index contributed by atoms with van der Waals surface area (Å²) in [4.78, 5) is 23.7. The number of urea groups is 1. The topological polar surface area (TPSA) is 63.1 Å². The molecule has 0 aliphatic heterocycles. The zero-order valence-electron chi connectivity index (χ0n) is 12.2. The highest BCUT2D eigenvalue weighted by molar-refractivity contribution is 5.99. The van der Waals surface area contributed by atoms with E-state index in [1.165, 1.54) is 6.07 Å². The summed E-state index contributed by atoms with van der Waals surface area (Å²) >= 11 is 0. The van der Waals surface area contributed by atoms with Crippen LogP contribution in [0.2, 0.25) is 0 Å². The van der Waals surface area contributed by atoms with E-state index in [9.17, 15) is 9.59 Å². The molecular weight excluding hydrogens is 266 g/mol. The minimum atomic E-state index is -0.422. The van der Waals surface area contributed by atoms with Crippen molar-refractivity contribution in [3.8, 4) is 0 Å². The van der Waals surface area contributed by atoms with Crippen molar-refractivity contribution in [3.63, 3.8) is 0 Å². The van der Waals surface area contributed by atoms with E-state index in [0.29, 0.717) is 5.69 Å². The predicted octanol–water partition coefficient (Wildman–Crippen LogP) is 3.07. The first-order valence-electron chi connectivity index (χ1n) is 6.99. The third-order valence-electron chi connectivity index (χ3n) is 3.18. The van der Waals surface area contributed by atoms with Crippen molar-refractivity contribution < 1.29 is 4.79 Å². The standard InChI is InChI=1S/C16H19N3O2/c1-3-12-6-5-7-13(10-12)17-16(21)18-14-11-19(4-2)9-8-15(14)20/h5-11H,3-4H2,1-2H3,(H2,17,18,21). The zero-order valence-corrected chi connectivity index (χ0v) is 12.2. The molecule has 1 heterocycles. The molecule has 0 fully saturated rings. The second-order valence-electron chi connectivity index (χ2n) is 4.69. The van der Waals surface area contributed by atoms with Crippen molar-refractivity contribution in [2.24, 2.45) is 0 Å². The molecule has 1 aromatic heterocycles. The fourth-order valence-corrected chi connectivity index (χ4v) is 1.97. The molecule has 0 unspecified atom stereocenters. The maximum absolute atomic E-state index is 12.0. The molecule has 0 aliphatic rings. The first-order valence-corrected chi connectivity index (χ1v) is 6.99. The Bertz CT molecular complexity index is 692. The molecule has 2 aromatic rings. The lowest BCUT2D eigenvalue weighted by molar-refractivity contribution is 0.262. The van der Waals surface area contributed by atoms with E-state index in [1.807, 2.05) is 35.8 Å². The van der Waals surface area contributed by atoms with Gasteiger partial charge in [-0.3, -0.25) is 4.79 Å². The van der Waals surface area contributed by atoms with Gasteiger partial charge in [-0.2, -0.15) is 0 Å². The third kappa shape index (κ3) is 3.95. The fourth-order valence-electron chi connectivity index (χ4n) is 1.97. The summed E-state index contributed by atoms with van der Waals surface area (Å²) in [6, 6.07) is 8.63. The molecule has 5 heteroatoms. The van der Waals surface area contributed by atoms with Crippen molar-refractivity contribution in [3.05, 3.63) is 58.5 Å². The summed E-state index contributed by atoms with van der Waals surface area (Å²) in [5, 5.41) is 5.32. The van der Waals surface area contributed by atoms with Gasteiger partial charge in [0, 0.05) is 30.7 Å². The average molecular weight is 285 g/mol. The van der Waals surface area contributed by atoms with Gasteiger partial charge >= 0.3 is 6.03 Å². The van der Waals surface area contributed by atoms with E-state index < -0.39 is 6.03 Å². The number of pyridine rings is 1. The van der Waals surface area contributed by atoms with Gasteiger partial charge in [-0.05, 0) is 31.0 Å². The van der Waals surface area contributed by atoms with Crippen LogP contribution in [0.25, 0.3) is 0 Å². The Kier molecular flexibility index (Phi) is 4.77. The minimum absolute atomic E-state index is 0.211. The number of carbonyl (C=O) groups excluding carboxylic acids is 1. The van der Waals surface area contributed by atoms with Crippen LogP contribution in [0.5, 0.6) is 0 Å². The highest BCUT2D eigenvalue weighted by atomic mass is 16.2. The van der Waals surface area contributed by atoms with Crippen LogP contribution >= 0.6 is 0 Å². The number of nitrogens with zero attached hydrogens (tertiary/aromatic N) is 1. The Labute approximate surface area is 123 Å². The van der Waals surface area contributed by atoms with Crippen LogP contribution in [0.15, 0.2) is 47.5 Å². The molecule has 0 radical (unpaired) electrons. The Morgan fingerprint density at radius 1 is 1.19 bits per heavy atom. The molecule has 0 aliphatic carbocycles. The van der Waals surface area contributed by atoms with Gasteiger partial charge in [-0.25, -0.2) is 4.79 Å². The van der Waals surface area contributed by atoms with Crippen molar-refractivity contribution in [2.45, 2.75) is 26.8 Å². The number of rotatable bonds is 4. The molecule has 0 atom stereocenters. The largest absolute Gasteiger partial charge is 0.352 e. The molecular formula is C16H19N3O2. The van der Waals surface area contributed by atoms with Gasteiger partial charge in [0.05, 0.1) is 0 Å². The van der Waals surface area contributed by atoms with E-state index >= 15 is 0 Å². The Morgan fingerprint density at radius 2 is 2.00 bits per heavy atom. The van der Waals surface area contributed by atoms with Crippen molar-refractivity contribution in [1.29, 1.82) is 0 Å². The maximum Gasteiger partial charge on any atom is 0.323 e. The number of anilines is 2. The summed E-state index contributed by atoms with van der Waals surface area (Å²) < 4.78 is 1.83. The Morgan fingerprint density at radius 3 is 2.71 bits per heavy atom. The van der Waals surface area contributed by atoms with Crippen molar-refractivity contribution in [2.75, 3.05) is 10.6 Å². The summed E-state index contributed by atoms with van der Waals surface area (Å²) in [6.07, 6.45) is 4.22. The fraction of sp³-hybridized carbons (Fsp3) is 0.250. The molecule has 110 valence electrons. The van der Waals surface area contributed by atoms with E-state index in [2.05, 4.69) is 17.6 Å². The smallest absolute Gasteiger partial charge is 0.323 e. The molecule has 0 spiro atoms.